The van der Waals surface area contributed by atoms with E-state index in [1.807, 2.05) is 44.2 Å². The van der Waals surface area contributed by atoms with Crippen molar-refractivity contribution in [1.29, 1.82) is 0 Å². The van der Waals surface area contributed by atoms with Crippen molar-refractivity contribution in [3.63, 3.8) is 0 Å². The molecule has 40 heavy (non-hydrogen) atoms. The number of hydrogen-bond donors (Lipinski definition) is 1. The lowest BCUT2D eigenvalue weighted by atomic mass is 9.87. The number of rotatable bonds is 11. The summed E-state index contributed by atoms with van der Waals surface area (Å²) >= 11 is 0. The van der Waals surface area contributed by atoms with E-state index in [0.717, 1.165) is 77.8 Å². The van der Waals surface area contributed by atoms with Gasteiger partial charge in [-0.05, 0) is 104 Å². The first kappa shape index (κ1) is 30.0. The summed E-state index contributed by atoms with van der Waals surface area (Å²) in [4.78, 5) is 2.24. The SMILES string of the molecule is C=C(F)/C(=C\C=C(/C)OCC)C1=C(c2ccc(O[C@H]3CCN(CCCF)C3)cc2)c2ccc(O)c(P)c2CCC1. The van der Waals surface area contributed by atoms with Gasteiger partial charge < -0.3 is 14.6 Å². The summed E-state index contributed by atoms with van der Waals surface area (Å²) in [6.45, 7) is 10.1. The largest absolute Gasteiger partial charge is 0.507 e. The van der Waals surface area contributed by atoms with Crippen LogP contribution >= 0.6 is 9.24 Å². The van der Waals surface area contributed by atoms with Gasteiger partial charge in [0, 0.05) is 30.5 Å². The van der Waals surface area contributed by atoms with Crippen LogP contribution in [0.15, 0.2) is 77.9 Å². The van der Waals surface area contributed by atoms with Crippen LogP contribution in [0.5, 0.6) is 11.5 Å². The number of fused-ring (bicyclic) bond motifs is 1. The zero-order valence-electron chi connectivity index (χ0n) is 23.5. The Kier molecular flexibility index (Phi) is 10.6. The average Bonchev–Trinajstić information content (AvgIpc) is 3.29. The van der Waals surface area contributed by atoms with E-state index >= 15 is 4.39 Å². The summed E-state index contributed by atoms with van der Waals surface area (Å²) in [5.41, 5.74) is 5.19. The van der Waals surface area contributed by atoms with Crippen LogP contribution in [-0.4, -0.2) is 49.0 Å². The van der Waals surface area contributed by atoms with Gasteiger partial charge in [0.1, 0.15) is 23.4 Å². The molecule has 1 saturated heterocycles. The first-order valence-corrected chi connectivity index (χ1v) is 14.7. The monoisotopic (exact) mass is 567 g/mol. The molecule has 2 aliphatic rings. The Labute approximate surface area is 239 Å². The molecular weight excluding hydrogens is 527 g/mol. The third-order valence-electron chi connectivity index (χ3n) is 7.52. The Bertz CT molecular complexity index is 1300. The molecule has 4 nitrogen and oxygen atoms in total. The first-order valence-electron chi connectivity index (χ1n) is 14.1. The number of likely N-dealkylation sites (tertiary alicyclic amines) is 1. The van der Waals surface area contributed by atoms with Crippen LogP contribution in [0.3, 0.4) is 0 Å². The van der Waals surface area contributed by atoms with E-state index in [-0.39, 0.29) is 18.5 Å². The molecule has 1 N–H and O–H groups in total. The van der Waals surface area contributed by atoms with E-state index < -0.39 is 5.83 Å². The fourth-order valence-corrected chi connectivity index (χ4v) is 5.98. The number of ether oxygens (including phenoxy) is 2. The molecule has 214 valence electrons. The van der Waals surface area contributed by atoms with Gasteiger partial charge in [-0.25, -0.2) is 4.39 Å². The number of phenolic OH excluding ortho intramolecular Hbond substituents is 1. The van der Waals surface area contributed by atoms with Crippen molar-refractivity contribution in [3.05, 3.63) is 94.6 Å². The van der Waals surface area contributed by atoms with Crippen molar-refractivity contribution in [2.24, 2.45) is 0 Å². The average molecular weight is 568 g/mol. The molecule has 2 aromatic carbocycles. The van der Waals surface area contributed by atoms with Crippen LogP contribution in [0, 0.1) is 0 Å². The summed E-state index contributed by atoms with van der Waals surface area (Å²) in [7, 11) is 2.67. The molecular formula is C33H40F2NO3P. The molecule has 1 heterocycles. The summed E-state index contributed by atoms with van der Waals surface area (Å²) in [6.07, 6.45) is 7.30. The molecule has 2 atom stereocenters. The number of aromatic hydroxyl groups is 1. The Morgan fingerprint density at radius 3 is 2.65 bits per heavy atom. The number of nitrogens with zero attached hydrogens (tertiary/aromatic N) is 1. The Balaban J connectivity index is 1.74. The second-order valence-electron chi connectivity index (χ2n) is 10.3. The summed E-state index contributed by atoms with van der Waals surface area (Å²) < 4.78 is 39.5. The molecule has 0 saturated carbocycles. The molecule has 0 radical (unpaired) electrons. The van der Waals surface area contributed by atoms with Gasteiger partial charge in [0.15, 0.2) is 0 Å². The number of allylic oxidation sites excluding steroid dienone is 6. The Hall–Kier alpha value is -2.95. The molecule has 4 rings (SSSR count). The number of benzene rings is 2. The second kappa shape index (κ2) is 14.1. The number of hydrogen-bond acceptors (Lipinski definition) is 4. The molecule has 2 aromatic rings. The van der Waals surface area contributed by atoms with Gasteiger partial charge in [-0.3, -0.25) is 9.29 Å². The van der Waals surface area contributed by atoms with Crippen LogP contribution in [0.2, 0.25) is 0 Å². The van der Waals surface area contributed by atoms with Gasteiger partial charge in [0.05, 0.1) is 19.0 Å². The van der Waals surface area contributed by atoms with E-state index in [1.165, 1.54) is 0 Å². The molecule has 1 aliphatic heterocycles. The number of halogens is 2. The molecule has 7 heteroatoms. The molecule has 0 spiro atoms. The molecule has 0 amide bonds. The Morgan fingerprint density at radius 1 is 1.18 bits per heavy atom. The van der Waals surface area contributed by atoms with E-state index in [1.54, 1.807) is 18.2 Å². The van der Waals surface area contributed by atoms with Crippen LogP contribution in [0.25, 0.3) is 5.57 Å². The first-order chi connectivity index (χ1) is 19.3. The minimum absolute atomic E-state index is 0.0752. The van der Waals surface area contributed by atoms with E-state index in [4.69, 9.17) is 9.47 Å². The van der Waals surface area contributed by atoms with Gasteiger partial charge in [0.25, 0.3) is 0 Å². The van der Waals surface area contributed by atoms with Gasteiger partial charge in [0.2, 0.25) is 0 Å². The minimum atomic E-state index is -0.500. The van der Waals surface area contributed by atoms with Crippen LogP contribution in [0.4, 0.5) is 8.78 Å². The van der Waals surface area contributed by atoms with Gasteiger partial charge >= 0.3 is 0 Å². The normalized spacial score (nSPS) is 18.5. The zero-order chi connectivity index (χ0) is 28.6. The standard InChI is InChI=1S/C33H40F2NO3P/c1-4-38-22(2)9-14-27(23(3)35)28-7-5-8-30-29(15-16-31(37)33(30)40)32(28)24-10-12-25(13-11-24)39-26-17-20-36(21-26)19-6-18-34/h9-16,26,37H,3-8,17-21,40H2,1-2H3/b22-9+,27-14+/t26-/m0/s1. The highest BCUT2D eigenvalue weighted by Crippen LogP contribution is 2.41. The smallest absolute Gasteiger partial charge is 0.123 e. The minimum Gasteiger partial charge on any atom is -0.507 e. The highest BCUT2D eigenvalue weighted by atomic mass is 31.0. The van der Waals surface area contributed by atoms with Crippen molar-refractivity contribution >= 4 is 20.1 Å². The maximum Gasteiger partial charge on any atom is 0.123 e. The van der Waals surface area contributed by atoms with E-state index in [2.05, 4.69) is 20.7 Å². The molecule has 0 bridgehead atoms. The third kappa shape index (κ3) is 7.21. The molecule has 1 aliphatic carbocycles. The topological polar surface area (TPSA) is 41.9 Å². The predicted molar refractivity (Wildman–Crippen MR) is 163 cm³/mol. The van der Waals surface area contributed by atoms with Gasteiger partial charge in [-0.15, -0.1) is 9.24 Å². The quantitative estimate of drug-likeness (QED) is 0.177. The second-order valence-corrected chi connectivity index (χ2v) is 10.9. The fourth-order valence-electron chi connectivity index (χ4n) is 5.59. The van der Waals surface area contributed by atoms with Crippen molar-refractivity contribution in [2.75, 3.05) is 32.9 Å². The molecule has 1 fully saturated rings. The van der Waals surface area contributed by atoms with Crippen molar-refractivity contribution < 1.29 is 23.4 Å². The van der Waals surface area contributed by atoms with Crippen LogP contribution in [-0.2, 0) is 11.2 Å². The van der Waals surface area contributed by atoms with E-state index in [9.17, 15) is 9.50 Å². The summed E-state index contributed by atoms with van der Waals surface area (Å²) in [6, 6.07) is 11.6. The lowest BCUT2D eigenvalue weighted by molar-refractivity contribution is 0.198. The number of phenols is 1. The highest BCUT2D eigenvalue weighted by molar-refractivity contribution is 7.28. The summed E-state index contributed by atoms with van der Waals surface area (Å²) in [5, 5.41) is 11.2. The fraction of sp³-hybridized carbons (Fsp3) is 0.394. The maximum absolute atomic E-state index is 15.1. The number of alkyl halides is 1. The zero-order valence-corrected chi connectivity index (χ0v) is 24.7. The molecule has 0 aromatic heterocycles. The van der Waals surface area contributed by atoms with Crippen molar-refractivity contribution in [3.8, 4) is 11.5 Å². The van der Waals surface area contributed by atoms with Crippen LogP contribution < -0.4 is 10.0 Å². The lowest BCUT2D eigenvalue weighted by Gasteiger charge is -2.20. The van der Waals surface area contributed by atoms with Crippen LogP contribution in [0.1, 0.15) is 56.2 Å². The summed E-state index contributed by atoms with van der Waals surface area (Å²) in [5.74, 6) is 1.20. The highest BCUT2D eigenvalue weighted by Gasteiger charge is 2.26. The Morgan fingerprint density at radius 2 is 1.95 bits per heavy atom. The predicted octanol–water partition coefficient (Wildman–Crippen LogP) is 7.19. The van der Waals surface area contributed by atoms with Crippen molar-refractivity contribution in [1.82, 2.24) is 4.90 Å². The lowest BCUT2D eigenvalue weighted by Crippen LogP contribution is -2.26. The van der Waals surface area contributed by atoms with Crippen molar-refractivity contribution in [2.45, 2.75) is 52.1 Å². The van der Waals surface area contributed by atoms with Gasteiger partial charge in [-0.1, -0.05) is 24.8 Å². The van der Waals surface area contributed by atoms with Gasteiger partial charge in [-0.2, -0.15) is 0 Å². The third-order valence-corrected chi connectivity index (χ3v) is 8.16. The molecule has 1 unspecified atom stereocenters. The van der Waals surface area contributed by atoms with E-state index in [0.29, 0.717) is 30.8 Å². The maximum atomic E-state index is 15.1.